The Labute approximate surface area is 221 Å². The van der Waals surface area contributed by atoms with E-state index >= 15 is 0 Å². The first kappa shape index (κ1) is 23.1. The second-order valence-electron chi connectivity index (χ2n) is 10.9. The first-order valence-electron chi connectivity index (χ1n) is 13.3. The Kier molecular flexibility index (Phi) is 5.33. The number of pyridine rings is 1. The molecule has 3 aliphatic heterocycles. The number of rotatable bonds is 4. The quantitative estimate of drug-likeness (QED) is 0.566. The third-order valence-electron chi connectivity index (χ3n) is 8.68. The number of hydrogen-bond acceptors (Lipinski definition) is 5. The molecular weight excluding hydrogens is 478 g/mol. The maximum absolute atomic E-state index is 13.5. The summed E-state index contributed by atoms with van der Waals surface area (Å²) in [7, 11) is 0. The fourth-order valence-electron chi connectivity index (χ4n) is 6.84. The van der Waals surface area contributed by atoms with E-state index < -0.39 is 5.41 Å². The number of piperazine rings is 1. The summed E-state index contributed by atoms with van der Waals surface area (Å²) < 4.78 is 0. The van der Waals surface area contributed by atoms with E-state index in [4.69, 9.17) is 0 Å². The van der Waals surface area contributed by atoms with E-state index in [0.717, 1.165) is 48.2 Å². The lowest BCUT2D eigenvalue weighted by molar-refractivity contribution is -0.147. The summed E-state index contributed by atoms with van der Waals surface area (Å²) in [4.78, 5) is 48.1. The third kappa shape index (κ3) is 3.62. The molecule has 8 heteroatoms. The number of hydrogen-bond donors (Lipinski definition) is 2. The van der Waals surface area contributed by atoms with Crippen molar-refractivity contribution in [1.29, 1.82) is 0 Å². The van der Waals surface area contributed by atoms with Crippen LogP contribution < -0.4 is 10.6 Å². The summed E-state index contributed by atoms with van der Waals surface area (Å²) in [6.45, 7) is 1.67. The summed E-state index contributed by atoms with van der Waals surface area (Å²) in [6.07, 6.45) is 4.71. The molecule has 1 aliphatic carbocycles. The lowest BCUT2D eigenvalue weighted by Gasteiger charge is -2.43. The van der Waals surface area contributed by atoms with E-state index in [9.17, 15) is 14.4 Å². The molecule has 2 aromatic carbocycles. The van der Waals surface area contributed by atoms with Crippen LogP contribution in [0.1, 0.15) is 41.1 Å². The Morgan fingerprint density at radius 2 is 1.87 bits per heavy atom. The number of amides is 3. The van der Waals surface area contributed by atoms with Crippen LogP contribution in [0.4, 0.5) is 11.5 Å². The molecule has 0 bridgehead atoms. The van der Waals surface area contributed by atoms with Gasteiger partial charge in [-0.1, -0.05) is 42.5 Å². The minimum absolute atomic E-state index is 0.00517. The van der Waals surface area contributed by atoms with Gasteiger partial charge in [0.2, 0.25) is 17.7 Å². The molecule has 2 N–H and O–H groups in total. The lowest BCUT2D eigenvalue weighted by Crippen LogP contribution is -2.57. The van der Waals surface area contributed by atoms with Gasteiger partial charge in [0, 0.05) is 24.0 Å². The van der Waals surface area contributed by atoms with Crippen LogP contribution in [0.5, 0.6) is 0 Å². The van der Waals surface area contributed by atoms with E-state index in [-0.39, 0.29) is 36.3 Å². The van der Waals surface area contributed by atoms with E-state index in [0.29, 0.717) is 24.3 Å². The van der Waals surface area contributed by atoms with Gasteiger partial charge in [-0.2, -0.15) is 0 Å². The van der Waals surface area contributed by atoms with Crippen molar-refractivity contribution in [3.63, 3.8) is 0 Å². The lowest BCUT2D eigenvalue weighted by atomic mass is 9.79. The molecule has 3 aromatic rings. The van der Waals surface area contributed by atoms with E-state index in [2.05, 4.69) is 20.5 Å². The minimum Gasteiger partial charge on any atom is -0.325 e. The molecule has 4 heterocycles. The fourth-order valence-corrected chi connectivity index (χ4v) is 6.84. The molecule has 2 fully saturated rings. The van der Waals surface area contributed by atoms with E-state index in [1.165, 1.54) is 0 Å². The van der Waals surface area contributed by atoms with Crippen molar-refractivity contribution in [3.05, 3.63) is 89.1 Å². The molecule has 2 saturated heterocycles. The van der Waals surface area contributed by atoms with Gasteiger partial charge < -0.3 is 15.5 Å². The summed E-state index contributed by atoms with van der Waals surface area (Å²) in [5.74, 6) is 0.433. The molecule has 1 unspecified atom stereocenters. The molecule has 192 valence electrons. The SMILES string of the molecule is O=C(CN1C(=O)C2CCCN2C[C@H]1c1ccccc1)Nc1ccc2c(c1)C[C@@]1(C2)C(=O)Nc2ncccc21. The van der Waals surface area contributed by atoms with E-state index in [1.807, 2.05) is 60.7 Å². The standard InChI is InChI=1S/C30H29N5O3/c36-26(18-35-25(19-6-2-1-3-7-19)17-34-13-5-9-24(34)28(35)37)32-22-11-10-20-15-30(16-21(20)14-22)23-8-4-12-31-27(23)33-29(30)38/h1-4,6-8,10-12,14,24-25H,5,9,13,15-18H2,(H,32,36)(H,31,33,38)/t24?,25-,30+/m0/s1. The summed E-state index contributed by atoms with van der Waals surface area (Å²) >= 11 is 0. The number of nitrogens with one attached hydrogen (secondary N) is 2. The number of benzene rings is 2. The van der Waals surface area contributed by atoms with Gasteiger partial charge in [0.05, 0.1) is 17.5 Å². The first-order valence-corrected chi connectivity index (χ1v) is 13.3. The van der Waals surface area contributed by atoms with Crippen LogP contribution in [0, 0.1) is 0 Å². The Morgan fingerprint density at radius 1 is 1.03 bits per heavy atom. The molecule has 3 atom stereocenters. The van der Waals surface area contributed by atoms with Crippen LogP contribution in [0.15, 0.2) is 66.9 Å². The zero-order valence-electron chi connectivity index (χ0n) is 21.0. The molecule has 7 rings (SSSR count). The third-order valence-corrected chi connectivity index (χ3v) is 8.68. The molecule has 1 spiro atoms. The molecule has 8 nitrogen and oxygen atoms in total. The zero-order chi connectivity index (χ0) is 25.9. The number of fused-ring (bicyclic) bond motifs is 4. The van der Waals surface area contributed by atoms with Crippen LogP contribution in [-0.4, -0.2) is 58.2 Å². The Morgan fingerprint density at radius 3 is 2.74 bits per heavy atom. The van der Waals surface area contributed by atoms with Gasteiger partial charge in [0.15, 0.2) is 0 Å². The van der Waals surface area contributed by atoms with E-state index in [1.54, 1.807) is 11.1 Å². The predicted molar refractivity (Wildman–Crippen MR) is 143 cm³/mol. The van der Waals surface area contributed by atoms with Crippen molar-refractivity contribution in [1.82, 2.24) is 14.8 Å². The van der Waals surface area contributed by atoms with Crippen LogP contribution in [0.2, 0.25) is 0 Å². The Bertz CT molecular complexity index is 1460. The van der Waals surface area contributed by atoms with Crippen molar-refractivity contribution < 1.29 is 14.4 Å². The number of aromatic nitrogens is 1. The normalized spacial score (nSPS) is 25.7. The average Bonchev–Trinajstić information content (AvgIpc) is 3.62. The van der Waals surface area contributed by atoms with Crippen LogP contribution >= 0.6 is 0 Å². The minimum atomic E-state index is -0.648. The summed E-state index contributed by atoms with van der Waals surface area (Å²) in [5.41, 5.74) is 4.16. The van der Waals surface area contributed by atoms with Gasteiger partial charge in [-0.3, -0.25) is 19.3 Å². The van der Waals surface area contributed by atoms with Gasteiger partial charge in [0.25, 0.3) is 0 Å². The van der Waals surface area contributed by atoms with Crippen LogP contribution in [-0.2, 0) is 32.6 Å². The van der Waals surface area contributed by atoms with Gasteiger partial charge >= 0.3 is 0 Å². The molecule has 4 aliphatic rings. The zero-order valence-corrected chi connectivity index (χ0v) is 21.0. The predicted octanol–water partition coefficient (Wildman–Crippen LogP) is 3.06. The largest absolute Gasteiger partial charge is 0.325 e. The van der Waals surface area contributed by atoms with Crippen molar-refractivity contribution >= 4 is 29.2 Å². The Hall–Kier alpha value is -4.04. The summed E-state index contributed by atoms with van der Waals surface area (Å²) in [5, 5.41) is 5.96. The first-order chi connectivity index (χ1) is 18.5. The topological polar surface area (TPSA) is 94.6 Å². The molecule has 38 heavy (non-hydrogen) atoms. The number of carbonyl (C=O) groups excluding carboxylic acids is 3. The molecule has 0 radical (unpaired) electrons. The monoisotopic (exact) mass is 507 g/mol. The highest BCUT2D eigenvalue weighted by Gasteiger charge is 2.51. The van der Waals surface area contributed by atoms with Crippen LogP contribution in [0.25, 0.3) is 0 Å². The molecular formula is C30H29N5O3. The maximum atomic E-state index is 13.5. The second kappa shape index (κ2) is 8.77. The Balaban J connectivity index is 1.10. The van der Waals surface area contributed by atoms with Crippen LogP contribution in [0.3, 0.4) is 0 Å². The molecule has 3 amide bonds. The van der Waals surface area contributed by atoms with Crippen molar-refractivity contribution in [2.45, 2.75) is 43.2 Å². The van der Waals surface area contributed by atoms with Gasteiger partial charge in [-0.05, 0) is 67.1 Å². The highest BCUT2D eigenvalue weighted by atomic mass is 16.2. The molecule has 0 saturated carbocycles. The fraction of sp³-hybridized carbons (Fsp3) is 0.333. The highest BCUT2D eigenvalue weighted by Crippen LogP contribution is 2.47. The van der Waals surface area contributed by atoms with Crippen molar-refractivity contribution in [2.24, 2.45) is 0 Å². The molecule has 1 aromatic heterocycles. The second-order valence-corrected chi connectivity index (χ2v) is 10.9. The van der Waals surface area contributed by atoms with Gasteiger partial charge in [0.1, 0.15) is 12.4 Å². The number of anilines is 2. The smallest absolute Gasteiger partial charge is 0.244 e. The van der Waals surface area contributed by atoms with Crippen molar-refractivity contribution in [3.8, 4) is 0 Å². The summed E-state index contributed by atoms with van der Waals surface area (Å²) in [6, 6.07) is 19.4. The van der Waals surface area contributed by atoms with Gasteiger partial charge in [-0.15, -0.1) is 0 Å². The number of nitrogens with zero attached hydrogens (tertiary/aromatic N) is 3. The average molecular weight is 508 g/mol. The van der Waals surface area contributed by atoms with Crippen molar-refractivity contribution in [2.75, 3.05) is 30.3 Å². The number of carbonyl (C=O) groups is 3. The van der Waals surface area contributed by atoms with Gasteiger partial charge in [-0.25, -0.2) is 4.98 Å². The maximum Gasteiger partial charge on any atom is 0.244 e. The highest BCUT2D eigenvalue weighted by molar-refractivity contribution is 6.06.